The molecular weight excluding hydrogens is 506 g/mol. The lowest BCUT2D eigenvalue weighted by atomic mass is 10.1. The van der Waals surface area contributed by atoms with Gasteiger partial charge in [-0.25, -0.2) is 4.98 Å². The third-order valence-corrected chi connectivity index (χ3v) is 5.57. The van der Waals surface area contributed by atoms with Crippen molar-refractivity contribution in [1.82, 2.24) is 10.3 Å². The van der Waals surface area contributed by atoms with Crippen LogP contribution in [0, 0.1) is 6.92 Å². The molecule has 0 radical (unpaired) electrons. The van der Waals surface area contributed by atoms with Crippen molar-refractivity contribution in [3.8, 4) is 23.0 Å². The molecule has 0 aliphatic heterocycles. The van der Waals surface area contributed by atoms with Crippen LogP contribution in [0.15, 0.2) is 63.5 Å². The minimum Gasteiger partial charge on any atom is -0.507 e. The molecule has 0 fully saturated rings. The lowest BCUT2D eigenvalue weighted by molar-refractivity contribution is 0.0977. The second kappa shape index (κ2) is 9.60. The highest BCUT2D eigenvalue weighted by atomic mass is 79.9. The zero-order valence-electron chi connectivity index (χ0n) is 17.8. The first kappa shape index (κ1) is 22.8. The average molecular weight is 526 g/mol. The molecule has 0 aliphatic rings. The zero-order valence-corrected chi connectivity index (χ0v) is 20.2. The number of ether oxygens (including phenoxy) is 1. The molecule has 168 valence electrons. The Morgan fingerprint density at radius 2 is 2.00 bits per heavy atom. The van der Waals surface area contributed by atoms with Gasteiger partial charge in [0.2, 0.25) is 5.89 Å². The van der Waals surface area contributed by atoms with Crippen LogP contribution >= 0.6 is 28.1 Å². The van der Waals surface area contributed by atoms with Gasteiger partial charge in [0, 0.05) is 11.3 Å². The number of phenols is 1. The maximum absolute atomic E-state index is 12.6. The lowest BCUT2D eigenvalue weighted by Crippen LogP contribution is -2.34. The van der Waals surface area contributed by atoms with E-state index < -0.39 is 0 Å². The van der Waals surface area contributed by atoms with E-state index in [4.69, 9.17) is 21.4 Å². The largest absolute Gasteiger partial charge is 0.507 e. The van der Waals surface area contributed by atoms with Crippen molar-refractivity contribution in [2.45, 2.75) is 13.8 Å². The minimum atomic E-state index is -0.371. The molecule has 0 saturated carbocycles. The Balaban J connectivity index is 1.49. The minimum absolute atomic E-state index is 0.0121. The van der Waals surface area contributed by atoms with Gasteiger partial charge in [0.15, 0.2) is 10.7 Å². The van der Waals surface area contributed by atoms with Gasteiger partial charge < -0.3 is 19.6 Å². The molecule has 4 aromatic rings. The standard InChI is InChI=1S/C24H20BrN3O4S/c1-3-31-20-9-5-14(11-17(20)25)22(30)28-24(33)26-15-6-8-19(29)16(12-15)23-27-18-7-4-13(2)10-21(18)32-23/h4-12,29H,3H2,1-2H3,(H2,26,28,30,33). The molecule has 3 aromatic carbocycles. The summed E-state index contributed by atoms with van der Waals surface area (Å²) in [4.78, 5) is 17.0. The maximum Gasteiger partial charge on any atom is 0.257 e. The molecule has 0 aliphatic carbocycles. The number of amides is 1. The summed E-state index contributed by atoms with van der Waals surface area (Å²) in [7, 11) is 0. The number of carbonyl (C=O) groups excluding carboxylic acids is 1. The van der Waals surface area contributed by atoms with Crippen molar-refractivity contribution in [2.24, 2.45) is 0 Å². The molecule has 9 heteroatoms. The van der Waals surface area contributed by atoms with E-state index in [2.05, 4.69) is 31.5 Å². The molecule has 1 amide bonds. The van der Waals surface area contributed by atoms with Gasteiger partial charge >= 0.3 is 0 Å². The van der Waals surface area contributed by atoms with E-state index >= 15 is 0 Å². The van der Waals surface area contributed by atoms with Gasteiger partial charge in [0.1, 0.15) is 17.0 Å². The van der Waals surface area contributed by atoms with Gasteiger partial charge in [0.05, 0.1) is 16.6 Å². The Kier molecular flexibility index (Phi) is 6.62. The van der Waals surface area contributed by atoms with Gasteiger partial charge in [-0.1, -0.05) is 6.07 Å². The second-order valence-electron chi connectivity index (χ2n) is 7.21. The third-order valence-electron chi connectivity index (χ3n) is 4.75. The molecule has 1 heterocycles. The molecule has 4 rings (SSSR count). The van der Waals surface area contributed by atoms with E-state index in [0.717, 1.165) is 5.56 Å². The van der Waals surface area contributed by atoms with Crippen molar-refractivity contribution in [3.63, 3.8) is 0 Å². The number of fused-ring (bicyclic) bond motifs is 1. The number of thiocarbonyl (C=S) groups is 1. The number of nitrogens with one attached hydrogen (secondary N) is 2. The number of carbonyl (C=O) groups is 1. The summed E-state index contributed by atoms with van der Waals surface area (Å²) >= 11 is 8.69. The molecule has 33 heavy (non-hydrogen) atoms. The fourth-order valence-electron chi connectivity index (χ4n) is 3.18. The first-order chi connectivity index (χ1) is 15.8. The Morgan fingerprint density at radius 3 is 2.76 bits per heavy atom. The average Bonchev–Trinajstić information content (AvgIpc) is 3.19. The SMILES string of the molecule is CCOc1ccc(C(=O)NC(=S)Nc2ccc(O)c(-c3nc4ccc(C)cc4o3)c2)cc1Br. The predicted molar refractivity (Wildman–Crippen MR) is 135 cm³/mol. The molecule has 3 N–H and O–H groups in total. The molecule has 0 atom stereocenters. The number of anilines is 1. The first-order valence-electron chi connectivity index (χ1n) is 10.1. The summed E-state index contributed by atoms with van der Waals surface area (Å²) in [6.07, 6.45) is 0. The number of hydrogen-bond acceptors (Lipinski definition) is 6. The van der Waals surface area contributed by atoms with Crippen LogP contribution in [0.25, 0.3) is 22.6 Å². The topological polar surface area (TPSA) is 96.6 Å². The van der Waals surface area contributed by atoms with Crippen LogP contribution in [0.2, 0.25) is 0 Å². The third kappa shape index (κ3) is 5.15. The monoisotopic (exact) mass is 525 g/mol. The molecule has 7 nitrogen and oxygen atoms in total. The maximum atomic E-state index is 12.6. The van der Waals surface area contributed by atoms with Gasteiger partial charge in [0.25, 0.3) is 5.91 Å². The Hall–Kier alpha value is -3.43. The van der Waals surface area contributed by atoms with Crippen LogP contribution in [-0.2, 0) is 0 Å². The van der Waals surface area contributed by atoms with Crippen molar-refractivity contribution in [3.05, 3.63) is 70.2 Å². The smallest absolute Gasteiger partial charge is 0.257 e. The summed E-state index contributed by atoms with van der Waals surface area (Å²) in [5.41, 5.74) is 3.75. The van der Waals surface area contributed by atoms with Gasteiger partial charge in [-0.05, 0) is 96.1 Å². The summed E-state index contributed by atoms with van der Waals surface area (Å²) in [6, 6.07) is 15.5. The summed E-state index contributed by atoms with van der Waals surface area (Å²) in [5, 5.41) is 16.0. The zero-order chi connectivity index (χ0) is 23.5. The summed E-state index contributed by atoms with van der Waals surface area (Å²) < 4.78 is 12.0. The van der Waals surface area contributed by atoms with Crippen molar-refractivity contribution >= 4 is 56.0 Å². The molecule has 0 unspecified atom stereocenters. The summed E-state index contributed by atoms with van der Waals surface area (Å²) in [5.74, 6) is 0.578. The number of benzene rings is 3. The van der Waals surface area contributed by atoms with E-state index in [1.54, 1.807) is 30.3 Å². The Labute approximate surface area is 203 Å². The number of nitrogens with zero attached hydrogens (tertiary/aromatic N) is 1. The van der Waals surface area contributed by atoms with Crippen LogP contribution < -0.4 is 15.4 Å². The number of halogens is 1. The van der Waals surface area contributed by atoms with Crippen LogP contribution in [-0.4, -0.2) is 27.7 Å². The van der Waals surface area contributed by atoms with Crippen LogP contribution in [0.1, 0.15) is 22.8 Å². The number of hydrogen-bond donors (Lipinski definition) is 3. The number of oxazole rings is 1. The predicted octanol–water partition coefficient (Wildman–Crippen LogP) is 5.80. The molecule has 0 spiro atoms. The van der Waals surface area contributed by atoms with Crippen LogP contribution in [0.4, 0.5) is 5.69 Å². The van der Waals surface area contributed by atoms with E-state index in [1.165, 1.54) is 6.07 Å². The number of aryl methyl sites for hydroxylation is 1. The highest BCUT2D eigenvalue weighted by Gasteiger charge is 2.15. The van der Waals surface area contributed by atoms with Crippen LogP contribution in [0.5, 0.6) is 11.5 Å². The number of aromatic hydroxyl groups is 1. The number of aromatic nitrogens is 1. The number of rotatable bonds is 5. The second-order valence-corrected chi connectivity index (χ2v) is 8.47. The molecule has 0 bridgehead atoms. The van der Waals surface area contributed by atoms with Gasteiger partial charge in [-0.2, -0.15) is 0 Å². The normalized spacial score (nSPS) is 10.8. The number of phenolic OH excluding ortho intramolecular Hbond substituents is 1. The van der Waals surface area contributed by atoms with Crippen LogP contribution in [0.3, 0.4) is 0 Å². The summed E-state index contributed by atoms with van der Waals surface area (Å²) in [6.45, 7) is 4.37. The van der Waals surface area contributed by atoms with Crippen molar-refractivity contribution < 1.29 is 19.1 Å². The van der Waals surface area contributed by atoms with E-state index in [0.29, 0.717) is 44.7 Å². The van der Waals surface area contributed by atoms with Gasteiger partial charge in [-0.3, -0.25) is 10.1 Å². The molecule has 1 aromatic heterocycles. The van der Waals surface area contributed by atoms with E-state index in [-0.39, 0.29) is 22.7 Å². The fourth-order valence-corrected chi connectivity index (χ4v) is 3.89. The van der Waals surface area contributed by atoms with E-state index in [9.17, 15) is 9.90 Å². The lowest BCUT2D eigenvalue weighted by Gasteiger charge is -2.12. The first-order valence-corrected chi connectivity index (χ1v) is 11.3. The Bertz CT molecular complexity index is 1370. The molecular formula is C24H20BrN3O4S. The van der Waals surface area contributed by atoms with E-state index in [1.807, 2.05) is 32.0 Å². The highest BCUT2D eigenvalue weighted by molar-refractivity contribution is 9.10. The van der Waals surface area contributed by atoms with Crippen molar-refractivity contribution in [1.29, 1.82) is 0 Å². The Morgan fingerprint density at radius 1 is 1.18 bits per heavy atom. The van der Waals surface area contributed by atoms with Crippen molar-refractivity contribution in [2.75, 3.05) is 11.9 Å². The quantitative estimate of drug-likeness (QED) is 0.224. The fraction of sp³-hybridized carbons (Fsp3) is 0.125. The van der Waals surface area contributed by atoms with Gasteiger partial charge in [-0.15, -0.1) is 0 Å². The molecule has 0 saturated heterocycles. The highest BCUT2D eigenvalue weighted by Crippen LogP contribution is 2.33.